The predicted octanol–water partition coefficient (Wildman–Crippen LogP) is 3.89. The standard InChI is InChI=1S/C18H24N2O/c1-2-20(16-9-4-3-5-10-16)18-15(13-21)12-14-8-6-7-11-17(14)19-18/h6-8,11-12,16,21H,2-5,9-10,13H2,1H3. The molecule has 0 bridgehead atoms. The number of aliphatic hydroxyl groups excluding tert-OH is 1. The fourth-order valence-electron chi connectivity index (χ4n) is 3.49. The summed E-state index contributed by atoms with van der Waals surface area (Å²) in [4.78, 5) is 7.26. The highest BCUT2D eigenvalue weighted by Gasteiger charge is 2.23. The number of rotatable bonds is 4. The van der Waals surface area contributed by atoms with E-state index in [2.05, 4.69) is 30.0 Å². The summed E-state index contributed by atoms with van der Waals surface area (Å²) in [6, 6.07) is 10.8. The van der Waals surface area contributed by atoms with Gasteiger partial charge in [0.25, 0.3) is 0 Å². The monoisotopic (exact) mass is 284 g/mol. The van der Waals surface area contributed by atoms with Gasteiger partial charge in [0, 0.05) is 23.5 Å². The molecule has 1 heterocycles. The van der Waals surface area contributed by atoms with Crippen LogP contribution in [0.5, 0.6) is 0 Å². The third kappa shape index (κ3) is 2.88. The Bertz CT molecular complexity index is 605. The van der Waals surface area contributed by atoms with E-state index in [1.54, 1.807) is 0 Å². The topological polar surface area (TPSA) is 36.4 Å². The molecule has 1 fully saturated rings. The summed E-state index contributed by atoms with van der Waals surface area (Å²) in [5.74, 6) is 0.977. The quantitative estimate of drug-likeness (QED) is 0.925. The van der Waals surface area contributed by atoms with Gasteiger partial charge in [0.2, 0.25) is 0 Å². The van der Waals surface area contributed by atoms with Crippen molar-refractivity contribution in [3.63, 3.8) is 0 Å². The highest BCUT2D eigenvalue weighted by atomic mass is 16.3. The molecule has 0 atom stereocenters. The van der Waals surface area contributed by atoms with E-state index in [0.29, 0.717) is 6.04 Å². The Kier molecular flexibility index (Phi) is 4.39. The van der Waals surface area contributed by atoms with E-state index in [0.717, 1.165) is 28.8 Å². The first-order valence-electron chi connectivity index (χ1n) is 8.09. The first-order valence-corrected chi connectivity index (χ1v) is 8.09. The molecule has 112 valence electrons. The maximum absolute atomic E-state index is 9.75. The SMILES string of the molecule is CCN(c1nc2ccccc2cc1CO)C1CCCCC1. The summed E-state index contributed by atoms with van der Waals surface area (Å²) < 4.78 is 0. The van der Waals surface area contributed by atoms with Crippen LogP contribution in [0.1, 0.15) is 44.6 Å². The zero-order chi connectivity index (χ0) is 14.7. The number of benzene rings is 1. The van der Waals surface area contributed by atoms with Gasteiger partial charge in [0.05, 0.1) is 12.1 Å². The Morgan fingerprint density at radius 3 is 2.67 bits per heavy atom. The summed E-state index contributed by atoms with van der Waals surface area (Å²) in [6.07, 6.45) is 6.46. The molecule has 1 aliphatic rings. The van der Waals surface area contributed by atoms with Crippen molar-refractivity contribution in [2.24, 2.45) is 0 Å². The summed E-state index contributed by atoms with van der Waals surface area (Å²) in [7, 11) is 0. The number of aromatic nitrogens is 1. The van der Waals surface area contributed by atoms with Crippen LogP contribution in [-0.2, 0) is 6.61 Å². The number of anilines is 1. The second-order valence-electron chi connectivity index (χ2n) is 5.90. The maximum Gasteiger partial charge on any atom is 0.135 e. The lowest BCUT2D eigenvalue weighted by atomic mass is 9.94. The summed E-state index contributed by atoms with van der Waals surface area (Å²) in [5, 5.41) is 10.9. The van der Waals surface area contributed by atoms with Gasteiger partial charge in [-0.1, -0.05) is 37.5 Å². The van der Waals surface area contributed by atoms with Crippen molar-refractivity contribution < 1.29 is 5.11 Å². The number of hydrogen-bond donors (Lipinski definition) is 1. The van der Waals surface area contributed by atoms with Crippen LogP contribution in [0.4, 0.5) is 5.82 Å². The van der Waals surface area contributed by atoms with Crippen molar-refractivity contribution in [1.29, 1.82) is 0 Å². The zero-order valence-electron chi connectivity index (χ0n) is 12.8. The molecule has 1 N–H and O–H groups in total. The second-order valence-corrected chi connectivity index (χ2v) is 5.90. The Balaban J connectivity index is 2.03. The van der Waals surface area contributed by atoms with Gasteiger partial charge in [-0.15, -0.1) is 0 Å². The largest absolute Gasteiger partial charge is 0.392 e. The molecule has 21 heavy (non-hydrogen) atoms. The summed E-state index contributed by atoms with van der Waals surface area (Å²) >= 11 is 0. The molecule has 0 spiro atoms. The Morgan fingerprint density at radius 1 is 1.19 bits per heavy atom. The lowest BCUT2D eigenvalue weighted by Gasteiger charge is -2.35. The van der Waals surface area contributed by atoms with E-state index in [9.17, 15) is 5.11 Å². The van der Waals surface area contributed by atoms with E-state index in [1.807, 2.05) is 12.1 Å². The van der Waals surface area contributed by atoms with Crippen LogP contribution >= 0.6 is 0 Å². The number of fused-ring (bicyclic) bond motifs is 1. The van der Waals surface area contributed by atoms with E-state index >= 15 is 0 Å². The normalized spacial score (nSPS) is 16.3. The molecule has 0 saturated heterocycles. The minimum atomic E-state index is 0.0520. The van der Waals surface area contributed by atoms with Gasteiger partial charge < -0.3 is 10.0 Å². The van der Waals surface area contributed by atoms with E-state index in [-0.39, 0.29) is 6.61 Å². The van der Waals surface area contributed by atoms with Crippen LogP contribution in [-0.4, -0.2) is 22.7 Å². The molecule has 1 aromatic heterocycles. The van der Waals surface area contributed by atoms with Crippen molar-refractivity contribution in [2.75, 3.05) is 11.4 Å². The van der Waals surface area contributed by atoms with Crippen LogP contribution < -0.4 is 4.90 Å². The van der Waals surface area contributed by atoms with Crippen LogP contribution in [0.2, 0.25) is 0 Å². The number of aliphatic hydroxyl groups is 1. The van der Waals surface area contributed by atoms with Crippen molar-refractivity contribution >= 4 is 16.7 Å². The fraction of sp³-hybridized carbons (Fsp3) is 0.500. The third-order valence-electron chi connectivity index (χ3n) is 4.58. The number of pyridine rings is 1. The Labute approximate surface area is 126 Å². The van der Waals surface area contributed by atoms with Gasteiger partial charge in [-0.05, 0) is 31.9 Å². The lowest BCUT2D eigenvalue weighted by molar-refractivity contribution is 0.281. The van der Waals surface area contributed by atoms with Crippen LogP contribution in [0.25, 0.3) is 10.9 Å². The van der Waals surface area contributed by atoms with Gasteiger partial charge in [0.15, 0.2) is 0 Å². The van der Waals surface area contributed by atoms with E-state index in [4.69, 9.17) is 4.98 Å². The van der Waals surface area contributed by atoms with Crippen molar-refractivity contribution in [1.82, 2.24) is 4.98 Å². The molecule has 3 heteroatoms. The highest BCUT2D eigenvalue weighted by molar-refractivity contribution is 5.81. The molecular formula is C18H24N2O. The third-order valence-corrected chi connectivity index (χ3v) is 4.58. The Morgan fingerprint density at radius 2 is 1.95 bits per heavy atom. The average Bonchev–Trinajstić information content (AvgIpc) is 2.56. The molecule has 2 aromatic rings. The van der Waals surface area contributed by atoms with Gasteiger partial charge in [-0.25, -0.2) is 4.98 Å². The Hall–Kier alpha value is -1.61. The maximum atomic E-state index is 9.75. The molecule has 0 amide bonds. The van der Waals surface area contributed by atoms with Gasteiger partial charge in [-0.2, -0.15) is 0 Å². The first kappa shape index (κ1) is 14.3. The molecular weight excluding hydrogens is 260 g/mol. The number of para-hydroxylation sites is 1. The molecule has 1 aliphatic carbocycles. The van der Waals surface area contributed by atoms with Gasteiger partial charge >= 0.3 is 0 Å². The van der Waals surface area contributed by atoms with E-state index < -0.39 is 0 Å². The molecule has 1 saturated carbocycles. The van der Waals surface area contributed by atoms with Crippen molar-refractivity contribution in [2.45, 2.75) is 51.7 Å². The van der Waals surface area contributed by atoms with Crippen LogP contribution in [0.15, 0.2) is 30.3 Å². The molecule has 0 aliphatic heterocycles. The van der Waals surface area contributed by atoms with Crippen LogP contribution in [0, 0.1) is 0 Å². The van der Waals surface area contributed by atoms with E-state index in [1.165, 1.54) is 32.1 Å². The lowest BCUT2D eigenvalue weighted by Crippen LogP contribution is -2.38. The number of hydrogen-bond acceptors (Lipinski definition) is 3. The van der Waals surface area contributed by atoms with Crippen LogP contribution in [0.3, 0.4) is 0 Å². The first-order chi connectivity index (χ1) is 10.3. The minimum Gasteiger partial charge on any atom is -0.392 e. The molecule has 3 rings (SSSR count). The predicted molar refractivity (Wildman–Crippen MR) is 87.6 cm³/mol. The smallest absolute Gasteiger partial charge is 0.135 e. The minimum absolute atomic E-state index is 0.0520. The molecule has 3 nitrogen and oxygen atoms in total. The van der Waals surface area contributed by atoms with Gasteiger partial charge in [-0.3, -0.25) is 0 Å². The highest BCUT2D eigenvalue weighted by Crippen LogP contribution is 2.30. The second kappa shape index (κ2) is 6.44. The van der Waals surface area contributed by atoms with Gasteiger partial charge in [0.1, 0.15) is 5.82 Å². The molecule has 0 radical (unpaired) electrons. The number of nitrogens with zero attached hydrogens (tertiary/aromatic N) is 2. The zero-order valence-corrected chi connectivity index (χ0v) is 12.8. The molecule has 0 unspecified atom stereocenters. The molecule has 1 aromatic carbocycles. The van der Waals surface area contributed by atoms with Crippen molar-refractivity contribution in [3.8, 4) is 0 Å². The fourth-order valence-corrected chi connectivity index (χ4v) is 3.49. The summed E-state index contributed by atoms with van der Waals surface area (Å²) in [6.45, 7) is 3.19. The average molecular weight is 284 g/mol. The van der Waals surface area contributed by atoms with Crippen molar-refractivity contribution in [3.05, 3.63) is 35.9 Å². The summed E-state index contributed by atoms with van der Waals surface area (Å²) in [5.41, 5.74) is 1.96.